The Morgan fingerprint density at radius 3 is 2.41 bits per heavy atom. The van der Waals surface area contributed by atoms with Gasteiger partial charge in [0.1, 0.15) is 16.2 Å². The first-order chi connectivity index (χ1) is 15.4. The molecule has 4 aromatic rings. The van der Waals surface area contributed by atoms with Gasteiger partial charge in [0.25, 0.3) is 5.56 Å². The molecular formula is C22H18FN5O3S. The summed E-state index contributed by atoms with van der Waals surface area (Å²) in [5.74, 6) is -0.817. The molecule has 1 amide bonds. The van der Waals surface area contributed by atoms with Crippen molar-refractivity contribution in [3.05, 3.63) is 81.3 Å². The second-order valence-corrected chi connectivity index (χ2v) is 7.90. The van der Waals surface area contributed by atoms with E-state index in [1.54, 1.807) is 18.2 Å². The van der Waals surface area contributed by atoms with Crippen molar-refractivity contribution in [2.75, 3.05) is 11.1 Å². The Balaban J connectivity index is 1.77. The SMILES string of the molecule is Cn1c(=O)c2c(SCC(=O)Nc3ccccc3F)nc(-c3ccccc3)nc2n(C)c1=O. The van der Waals surface area contributed by atoms with Gasteiger partial charge in [-0.25, -0.2) is 19.2 Å². The normalized spacial score (nSPS) is 11.0. The fraction of sp³-hybridized carbons (Fsp3) is 0.136. The van der Waals surface area contributed by atoms with E-state index in [9.17, 15) is 18.8 Å². The van der Waals surface area contributed by atoms with E-state index >= 15 is 0 Å². The van der Waals surface area contributed by atoms with Crippen LogP contribution in [0, 0.1) is 5.82 Å². The quantitative estimate of drug-likeness (QED) is 0.370. The predicted molar refractivity (Wildman–Crippen MR) is 121 cm³/mol. The van der Waals surface area contributed by atoms with Gasteiger partial charge in [-0.15, -0.1) is 0 Å². The maximum Gasteiger partial charge on any atom is 0.332 e. The zero-order valence-electron chi connectivity index (χ0n) is 17.2. The van der Waals surface area contributed by atoms with E-state index in [-0.39, 0.29) is 27.5 Å². The number of halogens is 1. The number of aryl methyl sites for hydroxylation is 1. The van der Waals surface area contributed by atoms with Crippen LogP contribution in [-0.2, 0) is 18.9 Å². The van der Waals surface area contributed by atoms with Crippen molar-refractivity contribution in [3.63, 3.8) is 0 Å². The highest BCUT2D eigenvalue weighted by Crippen LogP contribution is 2.26. The van der Waals surface area contributed by atoms with Gasteiger partial charge in [0.05, 0.1) is 11.4 Å². The van der Waals surface area contributed by atoms with Gasteiger partial charge in [0.2, 0.25) is 5.91 Å². The largest absolute Gasteiger partial charge is 0.332 e. The van der Waals surface area contributed by atoms with Crippen LogP contribution in [-0.4, -0.2) is 30.8 Å². The number of carbonyl (C=O) groups is 1. The van der Waals surface area contributed by atoms with Crippen molar-refractivity contribution < 1.29 is 9.18 Å². The average molecular weight is 451 g/mol. The number of amides is 1. The Bertz CT molecular complexity index is 1450. The second-order valence-electron chi connectivity index (χ2n) is 6.94. The molecule has 10 heteroatoms. The summed E-state index contributed by atoms with van der Waals surface area (Å²) in [6.45, 7) is 0. The average Bonchev–Trinajstić information content (AvgIpc) is 2.81. The van der Waals surface area contributed by atoms with Gasteiger partial charge < -0.3 is 5.32 Å². The van der Waals surface area contributed by atoms with Crippen molar-refractivity contribution in [1.29, 1.82) is 0 Å². The van der Waals surface area contributed by atoms with Crippen molar-refractivity contribution in [3.8, 4) is 11.4 Å². The summed E-state index contributed by atoms with van der Waals surface area (Å²) in [4.78, 5) is 46.7. The molecule has 0 radical (unpaired) electrons. The van der Waals surface area contributed by atoms with E-state index < -0.39 is 23.0 Å². The number of hydrogen-bond acceptors (Lipinski definition) is 6. The number of anilines is 1. The summed E-state index contributed by atoms with van der Waals surface area (Å²) in [5.41, 5.74) is -0.147. The van der Waals surface area contributed by atoms with Crippen molar-refractivity contribution in [1.82, 2.24) is 19.1 Å². The number of hydrogen-bond donors (Lipinski definition) is 1. The number of rotatable bonds is 5. The Kier molecular flexibility index (Phi) is 5.87. The number of nitrogens with one attached hydrogen (secondary N) is 1. The standard InChI is InChI=1S/C22H18FN5O3S/c1-27-19-17(21(30)28(2)22(27)31)20(26-18(25-19)13-8-4-3-5-9-13)32-12-16(29)24-15-11-7-6-10-14(15)23/h3-11H,12H2,1-2H3,(H,24,29). The van der Waals surface area contributed by atoms with E-state index in [0.717, 1.165) is 16.3 Å². The topological polar surface area (TPSA) is 98.9 Å². The van der Waals surface area contributed by atoms with E-state index in [2.05, 4.69) is 15.3 Å². The lowest BCUT2D eigenvalue weighted by Crippen LogP contribution is -2.37. The van der Waals surface area contributed by atoms with Gasteiger partial charge in [-0.05, 0) is 12.1 Å². The zero-order valence-corrected chi connectivity index (χ0v) is 18.0. The maximum atomic E-state index is 13.8. The molecule has 0 bridgehead atoms. The molecule has 2 aromatic heterocycles. The number of nitrogens with zero attached hydrogens (tertiary/aromatic N) is 4. The van der Waals surface area contributed by atoms with E-state index in [1.165, 1.54) is 36.9 Å². The summed E-state index contributed by atoms with van der Waals surface area (Å²) >= 11 is 1.02. The molecule has 0 atom stereocenters. The summed E-state index contributed by atoms with van der Waals surface area (Å²) in [7, 11) is 2.89. The van der Waals surface area contributed by atoms with E-state index in [4.69, 9.17) is 0 Å². The molecule has 0 spiro atoms. The van der Waals surface area contributed by atoms with Crippen LogP contribution in [0.2, 0.25) is 0 Å². The molecule has 2 heterocycles. The molecule has 0 fully saturated rings. The number of para-hydroxylation sites is 1. The minimum absolute atomic E-state index is 0.0638. The highest BCUT2D eigenvalue weighted by Gasteiger charge is 2.19. The Hall–Kier alpha value is -3.79. The predicted octanol–water partition coefficient (Wildman–Crippen LogP) is 2.56. The lowest BCUT2D eigenvalue weighted by molar-refractivity contribution is -0.113. The fourth-order valence-electron chi connectivity index (χ4n) is 3.13. The van der Waals surface area contributed by atoms with E-state index in [0.29, 0.717) is 11.4 Å². The zero-order chi connectivity index (χ0) is 22.8. The van der Waals surface area contributed by atoms with Crippen LogP contribution >= 0.6 is 11.8 Å². The summed E-state index contributed by atoms with van der Waals surface area (Å²) in [5, 5.41) is 2.90. The highest BCUT2D eigenvalue weighted by molar-refractivity contribution is 8.00. The summed E-state index contributed by atoms with van der Waals surface area (Å²) in [6.07, 6.45) is 0. The van der Waals surface area contributed by atoms with Crippen LogP contribution in [0.3, 0.4) is 0 Å². The minimum Gasteiger partial charge on any atom is -0.323 e. The molecular weight excluding hydrogens is 433 g/mol. The van der Waals surface area contributed by atoms with E-state index in [1.807, 2.05) is 18.2 Å². The number of thioether (sulfide) groups is 1. The van der Waals surface area contributed by atoms with Gasteiger partial charge in [-0.3, -0.25) is 18.7 Å². The van der Waals surface area contributed by atoms with Crippen molar-refractivity contribution in [2.45, 2.75) is 5.03 Å². The second kappa shape index (κ2) is 8.75. The molecule has 162 valence electrons. The lowest BCUT2D eigenvalue weighted by atomic mass is 10.2. The van der Waals surface area contributed by atoms with Crippen LogP contribution in [0.1, 0.15) is 0 Å². The maximum absolute atomic E-state index is 13.8. The molecule has 0 saturated carbocycles. The molecule has 0 saturated heterocycles. The third-order valence-electron chi connectivity index (χ3n) is 4.79. The molecule has 0 aliphatic carbocycles. The van der Waals surface area contributed by atoms with Gasteiger partial charge in [0.15, 0.2) is 11.5 Å². The third-order valence-corrected chi connectivity index (χ3v) is 5.76. The van der Waals surface area contributed by atoms with Gasteiger partial charge in [0, 0.05) is 19.7 Å². The first-order valence-electron chi connectivity index (χ1n) is 9.57. The number of aromatic nitrogens is 4. The molecule has 0 aliphatic heterocycles. The molecule has 0 unspecified atom stereocenters. The Morgan fingerprint density at radius 1 is 1.00 bits per heavy atom. The third kappa shape index (κ3) is 4.04. The number of fused-ring (bicyclic) bond motifs is 1. The van der Waals surface area contributed by atoms with Crippen molar-refractivity contribution >= 4 is 34.4 Å². The Labute approximate surface area is 185 Å². The molecule has 8 nitrogen and oxygen atoms in total. The first-order valence-corrected chi connectivity index (χ1v) is 10.6. The summed E-state index contributed by atoms with van der Waals surface area (Å²) < 4.78 is 16.1. The summed E-state index contributed by atoms with van der Waals surface area (Å²) in [6, 6.07) is 14.9. The monoisotopic (exact) mass is 451 g/mol. The van der Waals surface area contributed by atoms with Crippen molar-refractivity contribution in [2.24, 2.45) is 14.1 Å². The van der Waals surface area contributed by atoms with Crippen LogP contribution < -0.4 is 16.6 Å². The minimum atomic E-state index is -0.556. The van der Waals surface area contributed by atoms with Gasteiger partial charge in [-0.1, -0.05) is 54.2 Å². The van der Waals surface area contributed by atoms with Crippen LogP contribution in [0.15, 0.2) is 69.2 Å². The smallest absolute Gasteiger partial charge is 0.323 e. The molecule has 2 aromatic carbocycles. The first kappa shape index (κ1) is 21.4. The lowest BCUT2D eigenvalue weighted by Gasteiger charge is -2.12. The number of carbonyl (C=O) groups excluding carboxylic acids is 1. The van der Waals surface area contributed by atoms with Crippen LogP contribution in [0.25, 0.3) is 22.4 Å². The van der Waals surface area contributed by atoms with Crippen LogP contribution in [0.4, 0.5) is 10.1 Å². The van der Waals surface area contributed by atoms with Gasteiger partial charge >= 0.3 is 5.69 Å². The number of benzene rings is 2. The highest BCUT2D eigenvalue weighted by atomic mass is 32.2. The fourth-order valence-corrected chi connectivity index (χ4v) is 3.95. The molecule has 1 N–H and O–H groups in total. The molecule has 32 heavy (non-hydrogen) atoms. The Morgan fingerprint density at radius 2 is 1.69 bits per heavy atom. The van der Waals surface area contributed by atoms with Crippen LogP contribution in [0.5, 0.6) is 0 Å². The van der Waals surface area contributed by atoms with Gasteiger partial charge in [-0.2, -0.15) is 0 Å². The molecule has 4 rings (SSSR count). The molecule has 0 aliphatic rings.